The highest BCUT2D eigenvalue weighted by Gasteiger charge is 2.14. The minimum absolute atomic E-state index is 0.0434. The number of carbonyl (C=O) groups excluding carboxylic acids is 2. The zero-order valence-corrected chi connectivity index (χ0v) is 13.5. The molecule has 2 N–H and O–H groups in total. The molecule has 25 heavy (non-hydrogen) atoms. The molecular weight excluding hydrogens is 324 g/mol. The average Bonchev–Trinajstić information content (AvgIpc) is 3.08. The molecule has 8 nitrogen and oxygen atoms in total. The van der Waals surface area contributed by atoms with Gasteiger partial charge in [0, 0.05) is 29.9 Å². The van der Waals surface area contributed by atoms with Crippen LogP contribution in [0, 0.1) is 0 Å². The van der Waals surface area contributed by atoms with E-state index in [0.717, 1.165) is 0 Å². The number of hydrazone groups is 1. The predicted octanol–water partition coefficient (Wildman–Crippen LogP) is 1.94. The van der Waals surface area contributed by atoms with Gasteiger partial charge >= 0.3 is 0 Å². The van der Waals surface area contributed by atoms with Crippen LogP contribution in [-0.4, -0.2) is 29.3 Å². The van der Waals surface area contributed by atoms with E-state index in [9.17, 15) is 9.59 Å². The number of amides is 2. The Kier molecular flexibility index (Phi) is 4.89. The number of rotatable bonds is 5. The molecular formula is C17H16N4O4. The van der Waals surface area contributed by atoms with Crippen LogP contribution < -0.4 is 20.2 Å². The number of hydrogen-bond donors (Lipinski definition) is 2. The van der Waals surface area contributed by atoms with E-state index < -0.39 is 0 Å². The normalized spacial score (nSPS) is 12.6. The van der Waals surface area contributed by atoms with Gasteiger partial charge in [-0.3, -0.25) is 14.6 Å². The molecule has 1 aromatic heterocycles. The van der Waals surface area contributed by atoms with Gasteiger partial charge in [0.15, 0.2) is 11.5 Å². The van der Waals surface area contributed by atoms with E-state index in [1.165, 1.54) is 6.20 Å². The molecule has 1 aliphatic rings. The molecule has 2 heterocycles. The minimum Gasteiger partial charge on any atom is -0.454 e. The monoisotopic (exact) mass is 340 g/mol. The third-order valence-corrected chi connectivity index (χ3v) is 3.34. The van der Waals surface area contributed by atoms with Crippen LogP contribution in [0.3, 0.4) is 0 Å². The number of nitrogens with zero attached hydrogens (tertiary/aromatic N) is 2. The largest absolute Gasteiger partial charge is 0.454 e. The van der Waals surface area contributed by atoms with Gasteiger partial charge in [-0.05, 0) is 31.2 Å². The van der Waals surface area contributed by atoms with Crippen molar-refractivity contribution < 1.29 is 19.1 Å². The number of nitrogens with one attached hydrogen (secondary N) is 2. The highest BCUT2D eigenvalue weighted by molar-refractivity contribution is 6.06. The van der Waals surface area contributed by atoms with Crippen molar-refractivity contribution in [2.45, 2.75) is 13.3 Å². The molecule has 0 bridgehead atoms. The highest BCUT2D eigenvalue weighted by atomic mass is 16.7. The van der Waals surface area contributed by atoms with Crippen molar-refractivity contribution >= 4 is 23.2 Å². The minimum atomic E-state index is -0.386. The number of benzene rings is 1. The van der Waals surface area contributed by atoms with Crippen molar-refractivity contribution in [1.29, 1.82) is 0 Å². The summed E-state index contributed by atoms with van der Waals surface area (Å²) in [4.78, 5) is 27.8. The average molecular weight is 340 g/mol. The Morgan fingerprint density at radius 1 is 1.24 bits per heavy atom. The lowest BCUT2D eigenvalue weighted by molar-refractivity contribution is -0.115. The van der Waals surface area contributed by atoms with Crippen LogP contribution in [0.15, 0.2) is 47.8 Å². The highest BCUT2D eigenvalue weighted by Crippen LogP contribution is 2.34. The summed E-state index contributed by atoms with van der Waals surface area (Å²) in [5, 5.41) is 6.67. The van der Waals surface area contributed by atoms with Gasteiger partial charge in [-0.15, -0.1) is 0 Å². The van der Waals surface area contributed by atoms with Crippen LogP contribution in [0.1, 0.15) is 23.7 Å². The van der Waals surface area contributed by atoms with E-state index in [1.807, 2.05) is 0 Å². The van der Waals surface area contributed by atoms with Crippen molar-refractivity contribution in [2.24, 2.45) is 5.10 Å². The lowest BCUT2D eigenvalue weighted by atomic mass is 10.2. The number of hydrogen-bond acceptors (Lipinski definition) is 6. The van der Waals surface area contributed by atoms with Gasteiger partial charge in [-0.2, -0.15) is 5.10 Å². The number of fused-ring (bicyclic) bond motifs is 1. The molecule has 128 valence electrons. The van der Waals surface area contributed by atoms with E-state index >= 15 is 0 Å². The van der Waals surface area contributed by atoms with Gasteiger partial charge in [0.05, 0.1) is 12.0 Å². The fourth-order valence-corrected chi connectivity index (χ4v) is 2.16. The summed E-state index contributed by atoms with van der Waals surface area (Å²) in [7, 11) is 0. The fraction of sp³-hybridized carbons (Fsp3) is 0.176. The number of pyridine rings is 1. The van der Waals surface area contributed by atoms with Crippen LogP contribution >= 0.6 is 0 Å². The van der Waals surface area contributed by atoms with Crippen molar-refractivity contribution in [1.82, 2.24) is 10.4 Å². The summed E-state index contributed by atoms with van der Waals surface area (Å²) in [5.41, 5.74) is 3.85. The second-order valence-corrected chi connectivity index (χ2v) is 5.32. The summed E-state index contributed by atoms with van der Waals surface area (Å²) in [6.07, 6.45) is 3.06. The van der Waals surface area contributed by atoms with Crippen LogP contribution in [0.25, 0.3) is 0 Å². The van der Waals surface area contributed by atoms with Gasteiger partial charge in [0.2, 0.25) is 12.7 Å². The van der Waals surface area contributed by atoms with Crippen molar-refractivity contribution in [3.8, 4) is 11.5 Å². The number of ether oxygens (including phenoxy) is 2. The molecule has 0 aliphatic carbocycles. The Morgan fingerprint density at radius 3 is 2.88 bits per heavy atom. The second kappa shape index (κ2) is 7.43. The Balaban J connectivity index is 1.52. The number of aromatic nitrogens is 1. The van der Waals surface area contributed by atoms with E-state index in [0.29, 0.717) is 28.5 Å². The Hall–Kier alpha value is -3.42. The van der Waals surface area contributed by atoms with Gasteiger partial charge < -0.3 is 14.8 Å². The maximum Gasteiger partial charge on any atom is 0.272 e. The van der Waals surface area contributed by atoms with E-state index in [-0.39, 0.29) is 25.0 Å². The molecule has 0 saturated heterocycles. The quantitative estimate of drug-likeness (QED) is 0.640. The maximum atomic E-state index is 12.1. The Labute approximate surface area is 143 Å². The zero-order valence-electron chi connectivity index (χ0n) is 13.5. The first-order valence-corrected chi connectivity index (χ1v) is 7.55. The van der Waals surface area contributed by atoms with Crippen LogP contribution in [0.5, 0.6) is 11.5 Å². The Morgan fingerprint density at radius 2 is 2.08 bits per heavy atom. The topological polar surface area (TPSA) is 102 Å². The van der Waals surface area contributed by atoms with Crippen LogP contribution in [0.2, 0.25) is 0 Å². The first kappa shape index (κ1) is 16.4. The van der Waals surface area contributed by atoms with Gasteiger partial charge in [0.25, 0.3) is 5.91 Å². The van der Waals surface area contributed by atoms with Gasteiger partial charge in [0.1, 0.15) is 0 Å². The summed E-state index contributed by atoms with van der Waals surface area (Å²) in [5.74, 6) is 0.597. The van der Waals surface area contributed by atoms with Crippen molar-refractivity contribution in [3.63, 3.8) is 0 Å². The smallest absolute Gasteiger partial charge is 0.272 e. The maximum absolute atomic E-state index is 12.1. The standard InChI is InChI=1S/C17H16N4O4/c1-11(20-21-17(23)12-3-2-6-18-9-12)7-16(22)19-13-4-5-14-15(8-13)25-10-24-14/h2-6,8-9H,7,10H2,1H3,(H,19,22)(H,21,23). The molecule has 0 saturated carbocycles. The third-order valence-electron chi connectivity index (χ3n) is 3.34. The van der Waals surface area contributed by atoms with Crippen molar-refractivity contribution in [2.75, 3.05) is 12.1 Å². The molecule has 2 amide bonds. The molecule has 0 radical (unpaired) electrons. The predicted molar refractivity (Wildman–Crippen MR) is 90.6 cm³/mol. The van der Waals surface area contributed by atoms with Gasteiger partial charge in [-0.25, -0.2) is 5.43 Å². The lowest BCUT2D eigenvalue weighted by Gasteiger charge is -2.06. The van der Waals surface area contributed by atoms with Gasteiger partial charge in [-0.1, -0.05) is 0 Å². The summed E-state index contributed by atoms with van der Waals surface area (Å²) in [6.45, 7) is 1.83. The summed E-state index contributed by atoms with van der Waals surface area (Å²) in [6, 6.07) is 8.43. The van der Waals surface area contributed by atoms with E-state index in [1.54, 1.807) is 43.5 Å². The molecule has 2 aromatic rings. The molecule has 1 aliphatic heterocycles. The first-order chi connectivity index (χ1) is 12.1. The SMILES string of the molecule is CC(CC(=O)Nc1ccc2c(c1)OCO2)=NNC(=O)c1cccnc1. The van der Waals surface area contributed by atoms with Crippen LogP contribution in [0.4, 0.5) is 5.69 Å². The summed E-state index contributed by atoms with van der Waals surface area (Å²) < 4.78 is 10.5. The molecule has 3 rings (SSSR count). The molecule has 0 fully saturated rings. The third kappa shape index (κ3) is 4.31. The number of carbonyl (C=O) groups is 2. The molecule has 0 atom stereocenters. The zero-order chi connectivity index (χ0) is 17.6. The number of anilines is 1. The fourth-order valence-electron chi connectivity index (χ4n) is 2.16. The molecule has 1 aromatic carbocycles. The molecule has 8 heteroatoms. The summed E-state index contributed by atoms with van der Waals surface area (Å²) >= 11 is 0. The van der Waals surface area contributed by atoms with Crippen LogP contribution in [-0.2, 0) is 4.79 Å². The molecule has 0 spiro atoms. The lowest BCUT2D eigenvalue weighted by Crippen LogP contribution is -2.21. The van der Waals surface area contributed by atoms with Crippen molar-refractivity contribution in [3.05, 3.63) is 48.3 Å². The second-order valence-electron chi connectivity index (χ2n) is 5.32. The molecule has 0 unspecified atom stereocenters. The van der Waals surface area contributed by atoms with E-state index in [2.05, 4.69) is 20.8 Å². The van der Waals surface area contributed by atoms with E-state index in [4.69, 9.17) is 9.47 Å². The Bertz CT molecular complexity index is 821. The first-order valence-electron chi connectivity index (χ1n) is 7.55.